The van der Waals surface area contributed by atoms with E-state index in [1.807, 2.05) is 12.1 Å². The van der Waals surface area contributed by atoms with Crippen molar-refractivity contribution in [3.63, 3.8) is 0 Å². The van der Waals surface area contributed by atoms with Crippen LogP contribution in [0.4, 0.5) is 5.69 Å². The quantitative estimate of drug-likeness (QED) is 0.656. The van der Waals surface area contributed by atoms with Gasteiger partial charge in [0.2, 0.25) is 0 Å². The zero-order chi connectivity index (χ0) is 16.1. The topological polar surface area (TPSA) is 70.8 Å². The predicted molar refractivity (Wildman–Crippen MR) is 84.7 cm³/mol. The van der Waals surface area contributed by atoms with Crippen LogP contribution in [-0.4, -0.2) is 20.0 Å². The van der Waals surface area contributed by atoms with E-state index in [1.165, 1.54) is 14.0 Å². The summed E-state index contributed by atoms with van der Waals surface area (Å²) in [4.78, 5) is 11.9. The molecule has 5 nitrogen and oxygen atoms in total. The first-order chi connectivity index (χ1) is 10.5. The molecule has 0 aromatic heterocycles. The molecular formula is C17H19NO4. The van der Waals surface area contributed by atoms with Crippen LogP contribution >= 0.6 is 0 Å². The Kier molecular flexibility index (Phi) is 4.88. The zero-order valence-corrected chi connectivity index (χ0v) is 12.9. The van der Waals surface area contributed by atoms with Gasteiger partial charge in [-0.2, -0.15) is 0 Å². The third-order valence-electron chi connectivity index (χ3n) is 3.22. The molecule has 5 heteroatoms. The van der Waals surface area contributed by atoms with E-state index < -0.39 is 0 Å². The second-order valence-electron chi connectivity index (χ2n) is 4.79. The predicted octanol–water partition coefficient (Wildman–Crippen LogP) is 3.07. The van der Waals surface area contributed by atoms with Crippen molar-refractivity contribution in [2.24, 2.45) is 0 Å². The Morgan fingerprint density at radius 3 is 2.23 bits per heavy atom. The molecule has 0 aliphatic carbocycles. The van der Waals surface area contributed by atoms with Crippen LogP contribution in [0, 0.1) is 0 Å². The fourth-order valence-electron chi connectivity index (χ4n) is 2.08. The Bertz CT molecular complexity index is 665. The molecule has 2 rings (SSSR count). The highest BCUT2D eigenvalue weighted by molar-refractivity contribution is 6.00. The number of ketones is 1. The van der Waals surface area contributed by atoms with E-state index in [2.05, 4.69) is 0 Å². The second kappa shape index (κ2) is 6.85. The van der Waals surface area contributed by atoms with Gasteiger partial charge in [0, 0.05) is 17.8 Å². The molecule has 116 valence electrons. The van der Waals surface area contributed by atoms with E-state index in [1.54, 1.807) is 31.4 Å². The van der Waals surface area contributed by atoms with Gasteiger partial charge in [-0.25, -0.2) is 0 Å². The summed E-state index contributed by atoms with van der Waals surface area (Å²) in [5, 5.41) is 0. The number of rotatable bonds is 6. The van der Waals surface area contributed by atoms with Gasteiger partial charge in [0.1, 0.15) is 29.4 Å². The Morgan fingerprint density at radius 2 is 1.68 bits per heavy atom. The molecule has 2 N–H and O–H groups in total. The van der Waals surface area contributed by atoms with E-state index in [4.69, 9.17) is 19.9 Å². The molecule has 0 aliphatic heterocycles. The highest BCUT2D eigenvalue weighted by Crippen LogP contribution is 2.34. The first kappa shape index (κ1) is 15.7. The number of Topliss-reactive ketones (excluding diaryl/α,β-unsaturated/α-hetero) is 1. The standard InChI is InChI=1S/C17H19NO4/c1-11(19)17-15(21-3)8-14(20-2)9-16(17)22-10-12-4-6-13(18)7-5-12/h4-9H,10,18H2,1-3H3. The molecule has 0 saturated heterocycles. The van der Waals surface area contributed by atoms with Crippen molar-refractivity contribution in [3.8, 4) is 17.2 Å². The summed E-state index contributed by atoms with van der Waals surface area (Å²) >= 11 is 0. The Morgan fingerprint density at radius 1 is 1.05 bits per heavy atom. The van der Waals surface area contributed by atoms with Crippen molar-refractivity contribution in [2.45, 2.75) is 13.5 Å². The Labute approximate surface area is 129 Å². The van der Waals surface area contributed by atoms with Crippen LogP contribution in [0.25, 0.3) is 0 Å². The van der Waals surface area contributed by atoms with Crippen LogP contribution in [0.15, 0.2) is 36.4 Å². The van der Waals surface area contributed by atoms with E-state index in [0.29, 0.717) is 35.1 Å². The van der Waals surface area contributed by atoms with Crippen LogP contribution in [0.5, 0.6) is 17.2 Å². The fourth-order valence-corrected chi connectivity index (χ4v) is 2.08. The number of carbonyl (C=O) groups excluding carboxylic acids is 1. The molecule has 0 spiro atoms. The first-order valence-corrected chi connectivity index (χ1v) is 6.79. The largest absolute Gasteiger partial charge is 0.496 e. The number of methoxy groups -OCH3 is 2. The van der Waals surface area contributed by atoms with Gasteiger partial charge in [-0.1, -0.05) is 12.1 Å². The Balaban J connectivity index is 2.31. The summed E-state index contributed by atoms with van der Waals surface area (Å²) < 4.78 is 16.3. The molecule has 0 amide bonds. The van der Waals surface area contributed by atoms with Crippen molar-refractivity contribution >= 4 is 11.5 Å². The summed E-state index contributed by atoms with van der Waals surface area (Å²) in [6, 6.07) is 10.7. The van der Waals surface area contributed by atoms with Crippen LogP contribution in [0.1, 0.15) is 22.8 Å². The Hall–Kier alpha value is -2.69. The van der Waals surface area contributed by atoms with Crippen LogP contribution in [-0.2, 0) is 6.61 Å². The number of hydrogen-bond acceptors (Lipinski definition) is 5. The van der Waals surface area contributed by atoms with Crippen molar-refractivity contribution < 1.29 is 19.0 Å². The van der Waals surface area contributed by atoms with Crippen molar-refractivity contribution in [1.29, 1.82) is 0 Å². The monoisotopic (exact) mass is 301 g/mol. The zero-order valence-electron chi connectivity index (χ0n) is 12.9. The molecule has 2 aromatic rings. The molecule has 2 aromatic carbocycles. The lowest BCUT2D eigenvalue weighted by Crippen LogP contribution is -2.05. The highest BCUT2D eigenvalue weighted by Gasteiger charge is 2.17. The minimum atomic E-state index is -0.133. The van der Waals surface area contributed by atoms with Gasteiger partial charge >= 0.3 is 0 Å². The SMILES string of the molecule is COc1cc(OC)c(C(C)=O)c(OCc2ccc(N)cc2)c1. The fraction of sp³-hybridized carbons (Fsp3) is 0.235. The molecule has 0 unspecified atom stereocenters. The highest BCUT2D eigenvalue weighted by atomic mass is 16.5. The summed E-state index contributed by atoms with van der Waals surface area (Å²) in [6.07, 6.45) is 0. The molecule has 0 saturated carbocycles. The molecule has 22 heavy (non-hydrogen) atoms. The third kappa shape index (κ3) is 3.49. The maximum absolute atomic E-state index is 11.9. The van der Waals surface area contributed by atoms with Crippen molar-refractivity contribution in [1.82, 2.24) is 0 Å². The van der Waals surface area contributed by atoms with Gasteiger partial charge in [0.15, 0.2) is 5.78 Å². The molecule has 0 bridgehead atoms. The maximum atomic E-state index is 11.9. The molecule has 0 atom stereocenters. The van der Waals surface area contributed by atoms with Crippen molar-refractivity contribution in [3.05, 3.63) is 47.5 Å². The lowest BCUT2D eigenvalue weighted by molar-refractivity contribution is 0.101. The molecule has 0 heterocycles. The van der Waals surface area contributed by atoms with E-state index in [0.717, 1.165) is 5.56 Å². The number of ether oxygens (including phenoxy) is 3. The van der Waals surface area contributed by atoms with Gasteiger partial charge in [0.25, 0.3) is 0 Å². The first-order valence-electron chi connectivity index (χ1n) is 6.79. The van der Waals surface area contributed by atoms with Gasteiger partial charge in [-0.3, -0.25) is 4.79 Å². The molecule has 0 radical (unpaired) electrons. The average Bonchev–Trinajstić information content (AvgIpc) is 2.53. The lowest BCUT2D eigenvalue weighted by Gasteiger charge is -2.15. The smallest absolute Gasteiger partial charge is 0.167 e. The van der Waals surface area contributed by atoms with Gasteiger partial charge in [0.05, 0.1) is 14.2 Å². The molecule has 0 fully saturated rings. The van der Waals surface area contributed by atoms with E-state index in [-0.39, 0.29) is 5.78 Å². The summed E-state index contributed by atoms with van der Waals surface area (Å²) in [5.41, 5.74) is 7.70. The minimum Gasteiger partial charge on any atom is -0.496 e. The number of carbonyl (C=O) groups is 1. The number of anilines is 1. The summed E-state index contributed by atoms with van der Waals surface area (Å²) in [6.45, 7) is 1.79. The number of nitrogens with two attached hydrogens (primary N) is 1. The normalized spacial score (nSPS) is 10.1. The lowest BCUT2D eigenvalue weighted by atomic mass is 10.1. The van der Waals surface area contributed by atoms with Gasteiger partial charge in [-0.15, -0.1) is 0 Å². The number of hydrogen-bond donors (Lipinski definition) is 1. The van der Waals surface area contributed by atoms with Crippen molar-refractivity contribution in [2.75, 3.05) is 20.0 Å². The van der Waals surface area contributed by atoms with Gasteiger partial charge in [-0.05, 0) is 24.6 Å². The molecule has 0 aliphatic rings. The summed E-state index contributed by atoms with van der Waals surface area (Å²) in [5.74, 6) is 1.29. The average molecular weight is 301 g/mol. The van der Waals surface area contributed by atoms with Crippen LogP contribution in [0.2, 0.25) is 0 Å². The van der Waals surface area contributed by atoms with Crippen LogP contribution in [0.3, 0.4) is 0 Å². The second-order valence-corrected chi connectivity index (χ2v) is 4.79. The van der Waals surface area contributed by atoms with E-state index >= 15 is 0 Å². The van der Waals surface area contributed by atoms with Gasteiger partial charge < -0.3 is 19.9 Å². The molecular weight excluding hydrogens is 282 g/mol. The minimum absolute atomic E-state index is 0.133. The van der Waals surface area contributed by atoms with Crippen LogP contribution < -0.4 is 19.9 Å². The number of nitrogen functional groups attached to an aromatic ring is 1. The maximum Gasteiger partial charge on any atom is 0.167 e. The number of benzene rings is 2. The van der Waals surface area contributed by atoms with E-state index in [9.17, 15) is 4.79 Å². The third-order valence-corrected chi connectivity index (χ3v) is 3.22. The summed E-state index contributed by atoms with van der Waals surface area (Å²) in [7, 11) is 3.05.